The SMILES string of the molecule is O=C(CCNC(=O)Nc1ccccc1)Nc1ccc(Cl)c(C(F)(F)F)c1. The van der Waals surface area contributed by atoms with Gasteiger partial charge in [-0.15, -0.1) is 0 Å². The molecule has 3 amide bonds. The van der Waals surface area contributed by atoms with Gasteiger partial charge in [-0.3, -0.25) is 4.79 Å². The number of benzene rings is 2. The predicted molar refractivity (Wildman–Crippen MR) is 93.2 cm³/mol. The van der Waals surface area contributed by atoms with E-state index in [0.717, 1.165) is 12.1 Å². The topological polar surface area (TPSA) is 70.2 Å². The molecule has 0 saturated heterocycles. The van der Waals surface area contributed by atoms with Crippen molar-refractivity contribution in [2.75, 3.05) is 17.2 Å². The van der Waals surface area contributed by atoms with E-state index in [-0.39, 0.29) is 18.7 Å². The van der Waals surface area contributed by atoms with Crippen molar-refractivity contribution in [3.8, 4) is 0 Å². The number of halogens is 4. The average Bonchev–Trinajstić information content (AvgIpc) is 2.56. The van der Waals surface area contributed by atoms with Gasteiger partial charge in [0.2, 0.25) is 5.91 Å². The minimum Gasteiger partial charge on any atom is -0.337 e. The monoisotopic (exact) mass is 385 g/mol. The fourth-order valence-electron chi connectivity index (χ4n) is 2.03. The molecule has 0 radical (unpaired) electrons. The highest BCUT2D eigenvalue weighted by molar-refractivity contribution is 6.31. The second-order valence-corrected chi connectivity index (χ2v) is 5.64. The lowest BCUT2D eigenvalue weighted by Gasteiger charge is -2.12. The summed E-state index contributed by atoms with van der Waals surface area (Å²) in [6, 6.07) is 11.3. The fraction of sp³-hybridized carbons (Fsp3) is 0.176. The summed E-state index contributed by atoms with van der Waals surface area (Å²) in [6.45, 7) is 0.0181. The molecule has 138 valence electrons. The molecule has 0 fully saturated rings. The number of nitrogens with one attached hydrogen (secondary N) is 3. The van der Waals surface area contributed by atoms with Crippen molar-refractivity contribution < 1.29 is 22.8 Å². The van der Waals surface area contributed by atoms with Gasteiger partial charge in [0.05, 0.1) is 10.6 Å². The standard InChI is InChI=1S/C17H15ClF3N3O2/c18-14-7-6-12(10-13(14)17(19,20)21)23-15(25)8-9-22-16(26)24-11-4-2-1-3-5-11/h1-7,10H,8-9H2,(H,23,25)(H2,22,24,26). The smallest absolute Gasteiger partial charge is 0.337 e. The normalized spacial score (nSPS) is 10.9. The highest BCUT2D eigenvalue weighted by Crippen LogP contribution is 2.36. The Morgan fingerprint density at radius 2 is 1.65 bits per heavy atom. The van der Waals surface area contributed by atoms with Gasteiger partial charge >= 0.3 is 12.2 Å². The third kappa shape index (κ3) is 5.96. The maximum atomic E-state index is 12.8. The Hall–Kier alpha value is -2.74. The molecule has 0 aliphatic rings. The number of urea groups is 1. The zero-order chi connectivity index (χ0) is 19.2. The lowest BCUT2D eigenvalue weighted by Crippen LogP contribution is -2.31. The van der Waals surface area contributed by atoms with Crippen molar-refractivity contribution in [3.63, 3.8) is 0 Å². The molecule has 0 saturated carbocycles. The Kier molecular flexibility index (Phi) is 6.46. The van der Waals surface area contributed by atoms with Crippen LogP contribution in [0, 0.1) is 0 Å². The Labute approximate surface area is 152 Å². The van der Waals surface area contributed by atoms with Crippen molar-refractivity contribution in [2.24, 2.45) is 0 Å². The fourth-order valence-corrected chi connectivity index (χ4v) is 2.25. The molecule has 2 aromatic rings. The van der Waals surface area contributed by atoms with Gasteiger partial charge in [0, 0.05) is 24.3 Å². The highest BCUT2D eigenvalue weighted by Gasteiger charge is 2.33. The third-order valence-corrected chi connectivity index (χ3v) is 3.55. The van der Waals surface area contributed by atoms with Crippen LogP contribution in [0.1, 0.15) is 12.0 Å². The van der Waals surface area contributed by atoms with Crippen LogP contribution >= 0.6 is 11.6 Å². The molecule has 0 unspecified atom stereocenters. The number of carbonyl (C=O) groups excluding carboxylic acids is 2. The molecule has 5 nitrogen and oxygen atoms in total. The first-order chi connectivity index (χ1) is 12.3. The zero-order valence-electron chi connectivity index (χ0n) is 13.4. The van der Waals surface area contributed by atoms with Gasteiger partial charge in [0.1, 0.15) is 0 Å². The number of hydrogen-bond acceptors (Lipinski definition) is 2. The Morgan fingerprint density at radius 3 is 2.31 bits per heavy atom. The summed E-state index contributed by atoms with van der Waals surface area (Å²) in [5.41, 5.74) is -0.465. The molecule has 2 aromatic carbocycles. The molecular weight excluding hydrogens is 371 g/mol. The minimum absolute atomic E-state index is 0.0181. The molecule has 0 aliphatic carbocycles. The Balaban J connectivity index is 1.81. The van der Waals surface area contributed by atoms with Crippen molar-refractivity contribution in [3.05, 3.63) is 59.1 Å². The van der Waals surface area contributed by atoms with E-state index in [1.165, 1.54) is 6.07 Å². The summed E-state index contributed by atoms with van der Waals surface area (Å²) in [4.78, 5) is 23.5. The largest absolute Gasteiger partial charge is 0.417 e. The van der Waals surface area contributed by atoms with E-state index in [4.69, 9.17) is 11.6 Å². The van der Waals surface area contributed by atoms with Crippen LogP contribution in [-0.2, 0) is 11.0 Å². The molecule has 0 bridgehead atoms. The molecule has 3 N–H and O–H groups in total. The van der Waals surface area contributed by atoms with Crippen molar-refractivity contribution in [2.45, 2.75) is 12.6 Å². The molecule has 0 aliphatic heterocycles. The van der Waals surface area contributed by atoms with Gasteiger partial charge in [0.15, 0.2) is 0 Å². The first-order valence-corrected chi connectivity index (χ1v) is 7.90. The van der Waals surface area contributed by atoms with Crippen LogP contribution in [0.25, 0.3) is 0 Å². The van der Waals surface area contributed by atoms with Crippen LogP contribution in [0.2, 0.25) is 5.02 Å². The highest BCUT2D eigenvalue weighted by atomic mass is 35.5. The number of carbonyl (C=O) groups is 2. The van der Waals surface area contributed by atoms with Crippen molar-refractivity contribution >= 4 is 34.9 Å². The van der Waals surface area contributed by atoms with E-state index in [1.807, 2.05) is 0 Å². The van der Waals surface area contributed by atoms with Crippen LogP contribution in [0.5, 0.6) is 0 Å². The molecule has 26 heavy (non-hydrogen) atoms. The number of amides is 3. The number of anilines is 2. The summed E-state index contributed by atoms with van der Waals surface area (Å²) in [5, 5.41) is 6.94. The van der Waals surface area contributed by atoms with E-state index < -0.39 is 28.7 Å². The quantitative estimate of drug-likeness (QED) is 0.708. The third-order valence-electron chi connectivity index (χ3n) is 3.22. The average molecular weight is 386 g/mol. The minimum atomic E-state index is -4.62. The zero-order valence-corrected chi connectivity index (χ0v) is 14.1. The number of rotatable bonds is 5. The lowest BCUT2D eigenvalue weighted by molar-refractivity contribution is -0.137. The molecule has 9 heteroatoms. The molecule has 2 rings (SSSR count). The maximum Gasteiger partial charge on any atom is 0.417 e. The van der Waals surface area contributed by atoms with Crippen LogP contribution in [0.15, 0.2) is 48.5 Å². The van der Waals surface area contributed by atoms with Crippen LogP contribution in [-0.4, -0.2) is 18.5 Å². The molecule has 0 spiro atoms. The van der Waals surface area contributed by atoms with Crippen LogP contribution in [0.3, 0.4) is 0 Å². The van der Waals surface area contributed by atoms with Crippen molar-refractivity contribution in [1.82, 2.24) is 5.32 Å². The number of hydrogen-bond donors (Lipinski definition) is 3. The maximum absolute atomic E-state index is 12.8. The molecule has 0 aromatic heterocycles. The first kappa shape index (κ1) is 19.6. The van der Waals surface area contributed by atoms with E-state index in [2.05, 4.69) is 16.0 Å². The van der Waals surface area contributed by atoms with E-state index in [1.54, 1.807) is 30.3 Å². The summed E-state index contributed by atoms with van der Waals surface area (Å²) < 4.78 is 38.4. The van der Waals surface area contributed by atoms with Gasteiger partial charge < -0.3 is 16.0 Å². The van der Waals surface area contributed by atoms with Gasteiger partial charge in [-0.25, -0.2) is 4.79 Å². The van der Waals surface area contributed by atoms with Crippen LogP contribution < -0.4 is 16.0 Å². The lowest BCUT2D eigenvalue weighted by atomic mass is 10.2. The van der Waals surface area contributed by atoms with E-state index >= 15 is 0 Å². The number of alkyl halides is 3. The Morgan fingerprint density at radius 1 is 0.962 bits per heavy atom. The second-order valence-electron chi connectivity index (χ2n) is 5.24. The van der Waals surface area contributed by atoms with Gasteiger partial charge in [-0.1, -0.05) is 29.8 Å². The summed E-state index contributed by atoms with van der Waals surface area (Å²) in [5.74, 6) is -0.541. The predicted octanol–water partition coefficient (Wildman–Crippen LogP) is 4.51. The summed E-state index contributed by atoms with van der Waals surface area (Å²) in [6.07, 6.45) is -4.72. The molecular formula is C17H15ClF3N3O2. The van der Waals surface area contributed by atoms with Gasteiger partial charge in [-0.2, -0.15) is 13.2 Å². The van der Waals surface area contributed by atoms with Gasteiger partial charge in [0.25, 0.3) is 0 Å². The van der Waals surface area contributed by atoms with Crippen LogP contribution in [0.4, 0.5) is 29.3 Å². The van der Waals surface area contributed by atoms with Gasteiger partial charge in [-0.05, 0) is 30.3 Å². The van der Waals surface area contributed by atoms with E-state index in [9.17, 15) is 22.8 Å². The summed E-state index contributed by atoms with van der Waals surface area (Å²) in [7, 11) is 0. The molecule has 0 heterocycles. The number of para-hydroxylation sites is 1. The van der Waals surface area contributed by atoms with Crippen molar-refractivity contribution in [1.29, 1.82) is 0 Å². The second kappa shape index (κ2) is 8.57. The Bertz CT molecular complexity index is 783. The first-order valence-electron chi connectivity index (χ1n) is 7.52. The van der Waals surface area contributed by atoms with E-state index in [0.29, 0.717) is 5.69 Å². The molecule has 0 atom stereocenters. The summed E-state index contributed by atoms with van der Waals surface area (Å²) >= 11 is 5.52.